The summed E-state index contributed by atoms with van der Waals surface area (Å²) in [6.45, 7) is 0. The molecule has 0 fully saturated rings. The molecule has 3 N–H and O–H groups in total. The number of hydrogen-bond acceptors (Lipinski definition) is 2. The minimum atomic E-state index is -0.856. The van der Waals surface area contributed by atoms with Gasteiger partial charge in [-0.1, -0.05) is 15.9 Å². The van der Waals surface area contributed by atoms with E-state index in [-0.39, 0.29) is 0 Å². The Balaban J connectivity index is 3.00. The Morgan fingerprint density at radius 2 is 2.07 bits per heavy atom. The summed E-state index contributed by atoms with van der Waals surface area (Å²) >= 11 is 5.24. The molecule has 3 amide bonds. The molecule has 6 heteroatoms. The Bertz CT molecular complexity index is 395. The van der Waals surface area contributed by atoms with Crippen molar-refractivity contribution in [3.05, 3.63) is 31.8 Å². The van der Waals surface area contributed by atoms with E-state index in [4.69, 9.17) is 5.73 Å². The third kappa shape index (κ3) is 2.95. The number of nitrogens with two attached hydrogens (primary N) is 1. The highest BCUT2D eigenvalue weighted by Gasteiger charge is 2.11. The summed E-state index contributed by atoms with van der Waals surface area (Å²) in [6, 6.07) is 4.34. The van der Waals surface area contributed by atoms with Gasteiger partial charge in [0, 0.05) is 8.04 Å². The molecule has 4 nitrogen and oxygen atoms in total. The average molecular weight is 369 g/mol. The molecule has 0 aromatic heterocycles. The lowest BCUT2D eigenvalue weighted by Crippen LogP contribution is -2.35. The quantitative estimate of drug-likeness (QED) is 0.742. The minimum absolute atomic E-state index is 0.416. The number of rotatable bonds is 1. The molecule has 0 atom stereocenters. The Kier molecular flexibility index (Phi) is 3.87. The summed E-state index contributed by atoms with van der Waals surface area (Å²) in [7, 11) is 0. The zero-order valence-corrected chi connectivity index (χ0v) is 10.6. The van der Waals surface area contributed by atoms with Crippen molar-refractivity contribution in [2.45, 2.75) is 0 Å². The van der Waals surface area contributed by atoms with Gasteiger partial charge in [-0.3, -0.25) is 10.1 Å². The van der Waals surface area contributed by atoms with E-state index in [1.165, 1.54) is 0 Å². The lowest BCUT2D eigenvalue weighted by molar-refractivity contribution is 0.0965. The van der Waals surface area contributed by atoms with Gasteiger partial charge in [-0.15, -0.1) is 0 Å². The molecule has 0 aliphatic carbocycles. The highest BCUT2D eigenvalue weighted by atomic mass is 127. The standard InChI is InChI=1S/C8H6BrIN2O2/c9-4-1-2-6(10)5(3-4)7(13)12-8(11)14/h1-3H,(H3,11,12,13,14). The average Bonchev–Trinajstić information content (AvgIpc) is 2.08. The van der Waals surface area contributed by atoms with Gasteiger partial charge in [0.15, 0.2) is 0 Å². The first-order valence-corrected chi connectivity index (χ1v) is 5.43. The number of nitrogens with one attached hydrogen (secondary N) is 1. The van der Waals surface area contributed by atoms with Crippen molar-refractivity contribution in [3.8, 4) is 0 Å². The van der Waals surface area contributed by atoms with Crippen molar-refractivity contribution in [2.24, 2.45) is 5.73 Å². The predicted octanol–water partition coefficient (Wildman–Crippen LogP) is 1.86. The fraction of sp³-hybridized carbons (Fsp3) is 0. The number of carbonyl (C=O) groups is 2. The molecule has 1 aromatic carbocycles. The van der Waals surface area contributed by atoms with Gasteiger partial charge in [0.05, 0.1) is 5.56 Å². The fourth-order valence-electron chi connectivity index (χ4n) is 0.851. The Labute approximate surface area is 103 Å². The molecule has 0 aliphatic heterocycles. The van der Waals surface area contributed by atoms with Gasteiger partial charge in [-0.05, 0) is 40.8 Å². The van der Waals surface area contributed by atoms with Gasteiger partial charge in [0.25, 0.3) is 5.91 Å². The molecule has 0 heterocycles. The topological polar surface area (TPSA) is 72.2 Å². The molecule has 0 saturated heterocycles. The zero-order chi connectivity index (χ0) is 10.7. The number of imide groups is 1. The lowest BCUT2D eigenvalue weighted by atomic mass is 10.2. The first-order valence-electron chi connectivity index (χ1n) is 3.56. The summed E-state index contributed by atoms with van der Waals surface area (Å²) in [6.07, 6.45) is 0. The highest BCUT2D eigenvalue weighted by Crippen LogP contribution is 2.18. The van der Waals surface area contributed by atoms with Crippen LogP contribution in [-0.4, -0.2) is 11.9 Å². The van der Waals surface area contributed by atoms with Gasteiger partial charge < -0.3 is 5.73 Å². The van der Waals surface area contributed by atoms with Crippen LogP contribution in [0.3, 0.4) is 0 Å². The Hall–Kier alpha value is -0.630. The molecule has 0 spiro atoms. The monoisotopic (exact) mass is 368 g/mol. The van der Waals surface area contributed by atoms with Crippen LogP contribution >= 0.6 is 38.5 Å². The molecule has 74 valence electrons. The number of benzene rings is 1. The van der Waals surface area contributed by atoms with E-state index >= 15 is 0 Å². The smallest absolute Gasteiger partial charge is 0.319 e. The van der Waals surface area contributed by atoms with Crippen molar-refractivity contribution in [1.82, 2.24) is 5.32 Å². The van der Waals surface area contributed by atoms with Gasteiger partial charge in [0.2, 0.25) is 0 Å². The minimum Gasteiger partial charge on any atom is -0.351 e. The van der Waals surface area contributed by atoms with E-state index in [0.717, 1.165) is 8.04 Å². The van der Waals surface area contributed by atoms with Crippen LogP contribution in [0.15, 0.2) is 22.7 Å². The molecule has 1 aromatic rings. The van der Waals surface area contributed by atoms with Crippen molar-refractivity contribution in [1.29, 1.82) is 0 Å². The molecule has 0 radical (unpaired) electrons. The Morgan fingerprint density at radius 3 is 2.64 bits per heavy atom. The van der Waals surface area contributed by atoms with Crippen molar-refractivity contribution in [3.63, 3.8) is 0 Å². The first-order chi connectivity index (χ1) is 6.50. The van der Waals surface area contributed by atoms with E-state index in [2.05, 4.69) is 15.9 Å². The predicted molar refractivity (Wildman–Crippen MR) is 63.9 cm³/mol. The number of primary amides is 1. The molecule has 0 saturated carbocycles. The third-order valence-electron chi connectivity index (χ3n) is 1.41. The number of urea groups is 1. The summed E-state index contributed by atoms with van der Waals surface area (Å²) in [4.78, 5) is 21.8. The van der Waals surface area contributed by atoms with Crippen LogP contribution in [0.1, 0.15) is 10.4 Å². The second kappa shape index (κ2) is 4.74. The number of hydrogen-bond donors (Lipinski definition) is 2. The number of halogens is 2. The van der Waals surface area contributed by atoms with Gasteiger partial charge in [-0.25, -0.2) is 4.79 Å². The molecular weight excluding hydrogens is 363 g/mol. The largest absolute Gasteiger partial charge is 0.351 e. The Morgan fingerprint density at radius 1 is 1.43 bits per heavy atom. The van der Waals surface area contributed by atoms with Gasteiger partial charge in [0.1, 0.15) is 0 Å². The fourth-order valence-corrected chi connectivity index (χ4v) is 1.79. The van der Waals surface area contributed by atoms with Crippen LogP contribution in [0.2, 0.25) is 0 Å². The van der Waals surface area contributed by atoms with E-state index in [1.54, 1.807) is 12.1 Å². The zero-order valence-electron chi connectivity index (χ0n) is 6.88. The number of carbonyl (C=O) groups excluding carboxylic acids is 2. The summed E-state index contributed by atoms with van der Waals surface area (Å²) in [5, 5.41) is 2.00. The number of amides is 3. The van der Waals surface area contributed by atoms with Crippen molar-refractivity contribution < 1.29 is 9.59 Å². The van der Waals surface area contributed by atoms with E-state index < -0.39 is 11.9 Å². The lowest BCUT2D eigenvalue weighted by Gasteiger charge is -2.03. The molecule has 14 heavy (non-hydrogen) atoms. The van der Waals surface area contributed by atoms with Crippen LogP contribution in [0.25, 0.3) is 0 Å². The first kappa shape index (κ1) is 11.4. The maximum absolute atomic E-state index is 11.4. The maximum Gasteiger partial charge on any atom is 0.319 e. The van der Waals surface area contributed by atoms with Crippen molar-refractivity contribution in [2.75, 3.05) is 0 Å². The van der Waals surface area contributed by atoms with E-state index in [9.17, 15) is 9.59 Å². The molecule has 0 aliphatic rings. The molecule has 1 rings (SSSR count). The summed E-state index contributed by atoms with van der Waals surface area (Å²) in [5.41, 5.74) is 5.25. The van der Waals surface area contributed by atoms with Crippen LogP contribution < -0.4 is 11.1 Å². The maximum atomic E-state index is 11.4. The van der Waals surface area contributed by atoms with Gasteiger partial charge in [-0.2, -0.15) is 0 Å². The normalized spacial score (nSPS) is 9.57. The van der Waals surface area contributed by atoms with Gasteiger partial charge >= 0.3 is 6.03 Å². The van der Waals surface area contributed by atoms with Crippen LogP contribution in [0.5, 0.6) is 0 Å². The highest BCUT2D eigenvalue weighted by molar-refractivity contribution is 14.1. The van der Waals surface area contributed by atoms with Crippen LogP contribution in [0, 0.1) is 3.57 Å². The van der Waals surface area contributed by atoms with Crippen molar-refractivity contribution >= 4 is 50.5 Å². The SMILES string of the molecule is NC(=O)NC(=O)c1cc(Br)ccc1I. The molecule has 0 bridgehead atoms. The summed E-state index contributed by atoms with van der Waals surface area (Å²) in [5.74, 6) is -0.497. The van der Waals surface area contributed by atoms with Crippen LogP contribution in [0.4, 0.5) is 4.79 Å². The second-order valence-electron chi connectivity index (χ2n) is 2.44. The second-order valence-corrected chi connectivity index (χ2v) is 4.52. The molecule has 0 unspecified atom stereocenters. The van der Waals surface area contributed by atoms with Crippen LogP contribution in [-0.2, 0) is 0 Å². The third-order valence-corrected chi connectivity index (χ3v) is 2.84. The molecular formula is C8H6BrIN2O2. The van der Waals surface area contributed by atoms with E-state index in [0.29, 0.717) is 5.56 Å². The van der Waals surface area contributed by atoms with E-state index in [1.807, 2.05) is 34.0 Å². The summed E-state index contributed by atoms with van der Waals surface area (Å²) < 4.78 is 1.53.